The number of urea groups is 1. The number of nitrogens with two attached hydrogens (primary N) is 2. The van der Waals surface area contributed by atoms with E-state index in [1.165, 1.54) is 10.0 Å². The largest absolute Gasteiger partial charge is 0.442 e. The van der Waals surface area contributed by atoms with Gasteiger partial charge >= 0.3 is 12.1 Å². The second-order valence-corrected chi connectivity index (χ2v) is 6.29. The molecule has 0 aromatic heterocycles. The van der Waals surface area contributed by atoms with E-state index < -0.39 is 17.7 Å². The summed E-state index contributed by atoms with van der Waals surface area (Å²) in [5, 5.41) is 3.49. The van der Waals surface area contributed by atoms with Gasteiger partial charge in [-0.2, -0.15) is 0 Å². The maximum atomic E-state index is 12.6. The van der Waals surface area contributed by atoms with Crippen molar-refractivity contribution in [1.82, 2.24) is 10.0 Å². The number of hydrogen-bond donors (Lipinski definition) is 2. The molecule has 1 saturated heterocycles. The summed E-state index contributed by atoms with van der Waals surface area (Å²) in [6.45, 7) is 6.10. The molecule has 0 unspecified atom stereocenters. The van der Waals surface area contributed by atoms with Crippen LogP contribution in [0.15, 0.2) is 24.3 Å². The molecule has 0 bridgehead atoms. The summed E-state index contributed by atoms with van der Waals surface area (Å²) < 4.78 is 5.32. The highest BCUT2D eigenvalue weighted by atomic mass is 16.6. The summed E-state index contributed by atoms with van der Waals surface area (Å²) >= 11 is 0. The van der Waals surface area contributed by atoms with Crippen molar-refractivity contribution in [2.75, 3.05) is 23.8 Å². The number of rotatable bonds is 1. The molecule has 0 spiro atoms. The molecule has 2 rings (SSSR count). The van der Waals surface area contributed by atoms with Crippen molar-refractivity contribution >= 4 is 23.5 Å². The Bertz CT molecular complexity index is 599. The molecule has 8 heteroatoms. The van der Waals surface area contributed by atoms with Crippen LogP contribution < -0.4 is 16.6 Å². The fourth-order valence-corrected chi connectivity index (χ4v) is 2.25. The van der Waals surface area contributed by atoms with Gasteiger partial charge in [0.25, 0.3) is 0 Å². The van der Waals surface area contributed by atoms with Crippen molar-refractivity contribution in [2.24, 2.45) is 5.84 Å². The second kappa shape index (κ2) is 6.33. The van der Waals surface area contributed by atoms with Crippen LogP contribution in [0.25, 0.3) is 0 Å². The van der Waals surface area contributed by atoms with Gasteiger partial charge in [-0.25, -0.2) is 30.5 Å². The summed E-state index contributed by atoms with van der Waals surface area (Å²) in [4.78, 5) is 24.8. The number of carbonyl (C=O) groups is 2. The normalized spacial score (nSPS) is 14.8. The van der Waals surface area contributed by atoms with E-state index >= 15 is 0 Å². The number of hydrazine groups is 2. The maximum absolute atomic E-state index is 12.6. The van der Waals surface area contributed by atoms with Crippen molar-refractivity contribution < 1.29 is 14.3 Å². The highest BCUT2D eigenvalue weighted by Crippen LogP contribution is 2.23. The first-order chi connectivity index (χ1) is 10.7. The molecule has 126 valence electrons. The van der Waals surface area contributed by atoms with E-state index in [2.05, 4.69) is 0 Å². The number of nitrogen functional groups attached to an aromatic ring is 1. The molecular weight excluding hydrogens is 298 g/mol. The summed E-state index contributed by atoms with van der Waals surface area (Å²) in [5.74, 6) is 5.89. The van der Waals surface area contributed by atoms with Crippen molar-refractivity contribution in [3.05, 3.63) is 24.3 Å². The van der Waals surface area contributed by atoms with E-state index in [9.17, 15) is 9.59 Å². The van der Waals surface area contributed by atoms with Crippen LogP contribution in [0.4, 0.5) is 21.0 Å². The quantitative estimate of drug-likeness (QED) is 0.356. The van der Waals surface area contributed by atoms with Crippen molar-refractivity contribution in [2.45, 2.75) is 32.8 Å². The molecule has 1 fully saturated rings. The molecule has 0 saturated carbocycles. The number of para-hydroxylation sites is 2. The van der Waals surface area contributed by atoms with Gasteiger partial charge in [-0.15, -0.1) is 0 Å². The Morgan fingerprint density at radius 3 is 2.39 bits per heavy atom. The second-order valence-electron chi connectivity index (χ2n) is 6.29. The van der Waals surface area contributed by atoms with Crippen molar-refractivity contribution in [1.29, 1.82) is 0 Å². The summed E-state index contributed by atoms with van der Waals surface area (Å²) in [5.41, 5.74) is 5.96. The molecule has 0 aliphatic carbocycles. The lowest BCUT2D eigenvalue weighted by molar-refractivity contribution is -0.0102. The maximum Gasteiger partial charge on any atom is 0.429 e. The molecule has 0 atom stereocenters. The first kappa shape index (κ1) is 16.9. The zero-order chi connectivity index (χ0) is 17.2. The van der Waals surface area contributed by atoms with Gasteiger partial charge in [0.2, 0.25) is 0 Å². The van der Waals surface area contributed by atoms with Crippen LogP contribution in [-0.2, 0) is 4.74 Å². The minimum Gasteiger partial charge on any atom is -0.442 e. The highest BCUT2D eigenvalue weighted by Gasteiger charge is 2.36. The third kappa shape index (κ3) is 3.84. The van der Waals surface area contributed by atoms with Gasteiger partial charge in [-0.05, 0) is 39.3 Å². The molecule has 1 aromatic carbocycles. The van der Waals surface area contributed by atoms with Crippen molar-refractivity contribution in [3.8, 4) is 0 Å². The monoisotopic (exact) mass is 321 g/mol. The standard InChI is InChI=1S/C15H23N5O3/c1-15(2,3)23-14(22)19-10-6-9-18(19)13(21)20(17)12-8-5-4-7-11(12)16/h4-5,7-8H,6,9-10,16-17H2,1-3H3. The van der Waals surface area contributed by atoms with Gasteiger partial charge in [0.05, 0.1) is 11.4 Å². The predicted molar refractivity (Wildman–Crippen MR) is 87.2 cm³/mol. The summed E-state index contributed by atoms with van der Waals surface area (Å²) in [6, 6.07) is 6.24. The van der Waals surface area contributed by atoms with Crippen LogP contribution in [0, 0.1) is 0 Å². The first-order valence-electron chi connectivity index (χ1n) is 7.42. The molecule has 0 radical (unpaired) electrons. The van der Waals surface area contributed by atoms with E-state index in [4.69, 9.17) is 16.3 Å². The molecule has 1 aromatic rings. The Labute approximate surface area is 135 Å². The molecule has 8 nitrogen and oxygen atoms in total. The van der Waals surface area contributed by atoms with Crippen molar-refractivity contribution in [3.63, 3.8) is 0 Å². The zero-order valence-corrected chi connectivity index (χ0v) is 13.7. The van der Waals surface area contributed by atoms with E-state index in [0.29, 0.717) is 30.9 Å². The van der Waals surface area contributed by atoms with Gasteiger partial charge in [-0.3, -0.25) is 0 Å². The molecule has 1 aliphatic rings. The fraction of sp³-hybridized carbons (Fsp3) is 0.467. The smallest absolute Gasteiger partial charge is 0.429 e. The van der Waals surface area contributed by atoms with Crippen LogP contribution in [0.5, 0.6) is 0 Å². The first-order valence-corrected chi connectivity index (χ1v) is 7.42. The van der Waals surface area contributed by atoms with E-state index in [1.54, 1.807) is 45.0 Å². The number of benzene rings is 1. The number of amides is 3. The highest BCUT2D eigenvalue weighted by molar-refractivity contribution is 5.94. The third-order valence-electron chi connectivity index (χ3n) is 3.26. The average molecular weight is 321 g/mol. The van der Waals surface area contributed by atoms with E-state index in [0.717, 1.165) is 5.01 Å². The summed E-state index contributed by atoms with van der Waals surface area (Å²) in [6.07, 6.45) is 0.0844. The minimum absolute atomic E-state index is 0.381. The van der Waals surface area contributed by atoms with Gasteiger partial charge < -0.3 is 10.5 Å². The molecule has 1 aliphatic heterocycles. The Morgan fingerprint density at radius 1 is 1.17 bits per heavy atom. The summed E-state index contributed by atoms with van der Waals surface area (Å²) in [7, 11) is 0. The van der Waals surface area contributed by atoms with Gasteiger partial charge in [0.15, 0.2) is 0 Å². The number of ether oxygens (including phenoxy) is 1. The van der Waals surface area contributed by atoms with Crippen LogP contribution in [0.2, 0.25) is 0 Å². The predicted octanol–water partition coefficient (Wildman–Crippen LogP) is 1.93. The Kier molecular flexibility index (Phi) is 4.65. The Hall–Kier alpha value is -2.48. The molecular formula is C15H23N5O3. The minimum atomic E-state index is -0.638. The number of carbonyl (C=O) groups excluding carboxylic acids is 2. The molecule has 1 heterocycles. The van der Waals surface area contributed by atoms with Gasteiger partial charge in [0.1, 0.15) is 5.60 Å². The number of anilines is 2. The van der Waals surface area contributed by atoms with E-state index in [-0.39, 0.29) is 0 Å². The third-order valence-corrected chi connectivity index (χ3v) is 3.26. The lowest BCUT2D eigenvalue weighted by atomic mass is 10.2. The Balaban J connectivity index is 2.14. The van der Waals surface area contributed by atoms with Gasteiger partial charge in [0, 0.05) is 13.1 Å². The van der Waals surface area contributed by atoms with Crippen LogP contribution in [0.1, 0.15) is 27.2 Å². The van der Waals surface area contributed by atoms with E-state index in [1.807, 2.05) is 0 Å². The van der Waals surface area contributed by atoms with Crippen LogP contribution in [-0.4, -0.2) is 40.8 Å². The van der Waals surface area contributed by atoms with Crippen LogP contribution >= 0.6 is 0 Å². The average Bonchev–Trinajstić information content (AvgIpc) is 2.94. The van der Waals surface area contributed by atoms with Gasteiger partial charge in [-0.1, -0.05) is 12.1 Å². The topological polar surface area (TPSA) is 105 Å². The SMILES string of the molecule is CC(C)(C)OC(=O)N1CCCN1C(=O)N(N)c1ccccc1N. The molecule has 3 amide bonds. The number of nitrogens with zero attached hydrogens (tertiary/aromatic N) is 3. The zero-order valence-electron chi connectivity index (χ0n) is 13.7. The fourth-order valence-electron chi connectivity index (χ4n) is 2.25. The Morgan fingerprint density at radius 2 is 1.78 bits per heavy atom. The lowest BCUT2D eigenvalue weighted by Gasteiger charge is -2.32. The lowest BCUT2D eigenvalue weighted by Crippen LogP contribution is -2.54. The van der Waals surface area contributed by atoms with Crippen LogP contribution in [0.3, 0.4) is 0 Å². The number of hydrogen-bond acceptors (Lipinski definition) is 5. The molecule has 23 heavy (non-hydrogen) atoms. The molecule has 4 N–H and O–H groups in total.